The molecule has 1 saturated carbocycles. The number of amides is 1. The molecule has 2 atom stereocenters. The Morgan fingerprint density at radius 1 is 1.22 bits per heavy atom. The molecule has 5 rings (SSSR count). The lowest BCUT2D eigenvalue weighted by Gasteiger charge is -2.27. The Morgan fingerprint density at radius 3 is 2.64 bits per heavy atom. The number of Topliss-reactive ketones (excluding diaryl/α,β-unsaturated/α-hetero) is 1. The summed E-state index contributed by atoms with van der Waals surface area (Å²) in [4.78, 5) is 28.7. The number of hydrogen-bond donors (Lipinski definition) is 2. The van der Waals surface area contributed by atoms with E-state index in [1.165, 1.54) is 11.3 Å². The van der Waals surface area contributed by atoms with E-state index in [1.807, 2.05) is 45.0 Å². The largest absolute Gasteiger partial charge is 0.482 e. The number of nitrogens with one attached hydrogen (secondary N) is 1. The molecule has 3 N–H and O–H groups in total. The first-order valence-electron chi connectivity index (χ1n) is 12.4. The van der Waals surface area contributed by atoms with Crippen molar-refractivity contribution < 1.29 is 14.3 Å². The zero-order valence-electron chi connectivity index (χ0n) is 21.6. The van der Waals surface area contributed by atoms with Crippen molar-refractivity contribution in [3.05, 3.63) is 86.4 Å². The average Bonchev–Trinajstić information content (AvgIpc) is 3.40. The van der Waals surface area contributed by atoms with Crippen LogP contribution in [0, 0.1) is 13.8 Å². The van der Waals surface area contributed by atoms with E-state index in [2.05, 4.69) is 37.4 Å². The predicted molar refractivity (Wildman–Crippen MR) is 146 cm³/mol. The van der Waals surface area contributed by atoms with Crippen molar-refractivity contribution in [3.8, 4) is 5.75 Å². The molecule has 1 aliphatic carbocycles. The van der Waals surface area contributed by atoms with Gasteiger partial charge in [0, 0.05) is 27.1 Å². The molecule has 3 aromatic rings. The van der Waals surface area contributed by atoms with E-state index >= 15 is 0 Å². The van der Waals surface area contributed by atoms with Gasteiger partial charge in [-0.05, 0) is 67.3 Å². The predicted octanol–water partition coefficient (Wildman–Crippen LogP) is 6.18. The van der Waals surface area contributed by atoms with Crippen LogP contribution in [0.15, 0.2) is 59.3 Å². The zero-order valence-corrected chi connectivity index (χ0v) is 22.4. The second-order valence-electron chi connectivity index (χ2n) is 10.2. The molecular formula is C30H32N2O3S. The molecule has 1 aromatic heterocycles. The third kappa shape index (κ3) is 3.42. The van der Waals surface area contributed by atoms with Crippen molar-refractivity contribution in [1.29, 1.82) is 0 Å². The lowest BCUT2D eigenvalue weighted by Crippen LogP contribution is -2.54. The van der Waals surface area contributed by atoms with Crippen molar-refractivity contribution in [3.63, 3.8) is 0 Å². The number of allylic oxidation sites excluding steroid dienone is 2. The first-order valence-corrected chi connectivity index (χ1v) is 13.3. The molecule has 5 nitrogen and oxygen atoms in total. The number of fused-ring (bicyclic) bond motifs is 4. The van der Waals surface area contributed by atoms with E-state index in [1.54, 1.807) is 6.92 Å². The van der Waals surface area contributed by atoms with Gasteiger partial charge in [0.15, 0.2) is 17.4 Å². The number of rotatable bonds is 4. The third-order valence-electron chi connectivity index (χ3n) is 7.32. The highest BCUT2D eigenvalue weighted by Gasteiger charge is 2.64. The zero-order chi connectivity index (χ0) is 25.9. The van der Waals surface area contributed by atoms with Crippen LogP contribution in [0.1, 0.15) is 72.0 Å². The standard InChI is InChI=1S/C30H32N2O3S/c1-7-8-21-25(18(6)31)27(33)30(22-12-10-19(15(2)3)14-23(22)35-28(21)30)32-29(34)26-17(5)20-11-9-16(4)13-24(20)36-26/h8-15,28H,7,31H2,1-6H3,(H,32,34)/b21-8+,25-18-. The van der Waals surface area contributed by atoms with Crippen LogP contribution < -0.4 is 15.8 Å². The quantitative estimate of drug-likeness (QED) is 0.419. The van der Waals surface area contributed by atoms with E-state index in [4.69, 9.17) is 10.5 Å². The number of ketones is 1. The summed E-state index contributed by atoms with van der Waals surface area (Å²) in [6.45, 7) is 12.0. The second-order valence-corrected chi connectivity index (χ2v) is 11.2. The first-order chi connectivity index (χ1) is 17.1. The van der Waals surface area contributed by atoms with E-state index in [-0.39, 0.29) is 11.7 Å². The van der Waals surface area contributed by atoms with Gasteiger partial charge in [-0.25, -0.2) is 0 Å². The molecule has 186 valence electrons. The van der Waals surface area contributed by atoms with Gasteiger partial charge < -0.3 is 15.8 Å². The Hall–Kier alpha value is -3.38. The number of nitrogens with two attached hydrogens (primary N) is 1. The SMILES string of the molecule is CC/C=C1\C(=C(/C)N)C(=O)C2(NC(=O)c3sc4cc(C)ccc4c3C)c3ccc(C(C)C)cc3OC12. The maximum atomic E-state index is 14.2. The van der Waals surface area contributed by atoms with E-state index < -0.39 is 11.6 Å². The monoisotopic (exact) mass is 500 g/mol. The summed E-state index contributed by atoms with van der Waals surface area (Å²) in [5, 5.41) is 4.23. The van der Waals surface area contributed by atoms with Crippen molar-refractivity contribution in [2.75, 3.05) is 0 Å². The summed E-state index contributed by atoms with van der Waals surface area (Å²) in [6, 6.07) is 12.1. The minimum Gasteiger partial charge on any atom is -0.482 e. The van der Waals surface area contributed by atoms with Gasteiger partial charge in [-0.3, -0.25) is 9.59 Å². The Kier molecular flexibility index (Phi) is 5.83. The molecule has 2 aromatic carbocycles. The second kappa shape index (κ2) is 8.63. The maximum absolute atomic E-state index is 14.2. The van der Waals surface area contributed by atoms with Crippen LogP contribution in [-0.4, -0.2) is 17.8 Å². The van der Waals surface area contributed by atoms with Crippen LogP contribution in [0.5, 0.6) is 5.75 Å². The minimum atomic E-state index is -1.36. The molecule has 1 amide bonds. The lowest BCUT2D eigenvalue weighted by atomic mass is 9.84. The molecule has 0 spiro atoms. The van der Waals surface area contributed by atoms with Crippen LogP contribution in [0.3, 0.4) is 0 Å². The van der Waals surface area contributed by atoms with Crippen LogP contribution in [0.25, 0.3) is 10.1 Å². The first kappa shape index (κ1) is 24.3. The molecule has 2 unspecified atom stereocenters. The topological polar surface area (TPSA) is 81.4 Å². The van der Waals surface area contributed by atoms with Crippen LogP contribution in [-0.2, 0) is 10.3 Å². The van der Waals surface area contributed by atoms with Crippen molar-refractivity contribution in [2.45, 2.75) is 65.5 Å². The number of carbonyl (C=O) groups excluding carboxylic acids is 2. The fraction of sp³-hybridized carbons (Fsp3) is 0.333. The van der Waals surface area contributed by atoms with Crippen molar-refractivity contribution in [2.24, 2.45) is 5.73 Å². The number of ether oxygens (including phenoxy) is 1. The number of thiophene rings is 1. The molecule has 2 heterocycles. The highest BCUT2D eigenvalue weighted by atomic mass is 32.1. The van der Waals surface area contributed by atoms with Crippen molar-refractivity contribution >= 4 is 33.1 Å². The third-order valence-corrected chi connectivity index (χ3v) is 8.57. The molecule has 2 aliphatic rings. The van der Waals surface area contributed by atoms with Gasteiger partial charge >= 0.3 is 0 Å². The molecule has 1 fully saturated rings. The highest BCUT2D eigenvalue weighted by Crippen LogP contribution is 2.53. The summed E-state index contributed by atoms with van der Waals surface area (Å²) in [5.41, 5.74) is 10.3. The fourth-order valence-corrected chi connectivity index (χ4v) is 6.69. The molecule has 0 bridgehead atoms. The molecule has 1 aliphatic heterocycles. The van der Waals surface area contributed by atoms with Gasteiger partial charge in [0.1, 0.15) is 5.75 Å². The van der Waals surface area contributed by atoms with Gasteiger partial charge in [-0.2, -0.15) is 0 Å². The molecule has 36 heavy (non-hydrogen) atoms. The maximum Gasteiger partial charge on any atom is 0.262 e. The molecular weight excluding hydrogens is 468 g/mol. The Labute approximate surface area is 216 Å². The molecule has 0 radical (unpaired) electrons. The van der Waals surface area contributed by atoms with Gasteiger partial charge in [0.2, 0.25) is 0 Å². The van der Waals surface area contributed by atoms with E-state index in [9.17, 15) is 9.59 Å². The van der Waals surface area contributed by atoms with Crippen LogP contribution in [0.4, 0.5) is 0 Å². The number of hydrogen-bond acceptors (Lipinski definition) is 5. The van der Waals surface area contributed by atoms with E-state index in [0.717, 1.165) is 32.3 Å². The Balaban J connectivity index is 1.69. The summed E-state index contributed by atoms with van der Waals surface area (Å²) >= 11 is 1.45. The Bertz CT molecular complexity index is 1490. The normalized spacial score (nSPS) is 23.2. The minimum absolute atomic E-state index is 0.216. The smallest absolute Gasteiger partial charge is 0.262 e. The number of benzene rings is 2. The summed E-state index contributed by atoms with van der Waals surface area (Å²) in [5.74, 6) is 0.448. The van der Waals surface area contributed by atoms with Gasteiger partial charge in [-0.1, -0.05) is 51.1 Å². The van der Waals surface area contributed by atoms with E-state index in [0.29, 0.717) is 39.8 Å². The Morgan fingerprint density at radius 2 is 1.97 bits per heavy atom. The van der Waals surface area contributed by atoms with Crippen molar-refractivity contribution in [1.82, 2.24) is 5.32 Å². The summed E-state index contributed by atoms with van der Waals surface area (Å²) in [6.07, 6.45) is 2.04. The number of carbonyl (C=O) groups is 2. The molecule has 0 saturated heterocycles. The van der Waals surface area contributed by atoms with Gasteiger partial charge in [0.05, 0.1) is 4.88 Å². The average molecular weight is 501 g/mol. The highest BCUT2D eigenvalue weighted by molar-refractivity contribution is 7.21. The fourth-order valence-electron chi connectivity index (χ4n) is 5.49. The summed E-state index contributed by atoms with van der Waals surface area (Å²) in [7, 11) is 0. The van der Waals surface area contributed by atoms with Crippen LogP contribution >= 0.6 is 11.3 Å². The lowest BCUT2D eigenvalue weighted by molar-refractivity contribution is -0.121. The summed E-state index contributed by atoms with van der Waals surface area (Å²) < 4.78 is 7.55. The number of aryl methyl sites for hydroxylation is 2. The van der Waals surface area contributed by atoms with Gasteiger partial charge in [0.25, 0.3) is 5.91 Å². The van der Waals surface area contributed by atoms with Crippen LogP contribution in [0.2, 0.25) is 0 Å². The van der Waals surface area contributed by atoms with Gasteiger partial charge in [-0.15, -0.1) is 11.3 Å². The molecule has 6 heteroatoms.